The van der Waals surface area contributed by atoms with E-state index in [1.165, 1.54) is 18.4 Å². The molecule has 2 aliphatic heterocycles. The Balaban J connectivity index is 0.000000534. The zero-order chi connectivity index (χ0) is 23.5. The second-order valence-corrected chi connectivity index (χ2v) is 8.50. The molecule has 0 saturated carbocycles. The Morgan fingerprint density at radius 3 is 2.28 bits per heavy atom. The molecule has 2 aliphatic rings. The Morgan fingerprint density at radius 1 is 1.09 bits per heavy atom. The summed E-state index contributed by atoms with van der Waals surface area (Å²) in [5, 5.41) is 25.2. The van der Waals surface area contributed by atoms with Gasteiger partial charge in [0.25, 0.3) is 0 Å². The van der Waals surface area contributed by atoms with Crippen LogP contribution in [0.25, 0.3) is 0 Å². The summed E-state index contributed by atoms with van der Waals surface area (Å²) in [4.78, 5) is 23.0. The number of carboxylic acids is 2. The summed E-state index contributed by atoms with van der Waals surface area (Å²) in [6, 6.07) is 8.11. The number of piperazine rings is 1. The monoisotopic (exact) mass is 452 g/mol. The van der Waals surface area contributed by atoms with Crippen molar-refractivity contribution in [1.29, 1.82) is 0 Å². The molecule has 0 bridgehead atoms. The van der Waals surface area contributed by atoms with Gasteiger partial charge in [-0.2, -0.15) is 0 Å². The Morgan fingerprint density at radius 2 is 1.72 bits per heavy atom. The van der Waals surface area contributed by atoms with E-state index >= 15 is 0 Å². The summed E-state index contributed by atoms with van der Waals surface area (Å²) >= 11 is 0. The summed E-state index contributed by atoms with van der Waals surface area (Å²) in [5.74, 6) is -2.34. The molecule has 180 valence electrons. The molecular formula is C23H36N2O7. The highest BCUT2D eigenvalue weighted by Crippen LogP contribution is 2.26. The molecule has 9 heteroatoms. The van der Waals surface area contributed by atoms with Gasteiger partial charge in [0.2, 0.25) is 0 Å². The van der Waals surface area contributed by atoms with Crippen LogP contribution in [0.1, 0.15) is 38.2 Å². The molecule has 2 fully saturated rings. The minimum atomic E-state index is -1.82. The van der Waals surface area contributed by atoms with E-state index in [0.717, 1.165) is 45.1 Å². The molecule has 2 saturated heterocycles. The molecule has 0 aliphatic carbocycles. The van der Waals surface area contributed by atoms with Crippen LogP contribution < -0.4 is 4.74 Å². The lowest BCUT2D eigenvalue weighted by molar-refractivity contribution is -0.159. The molecule has 2 heterocycles. The Bertz CT molecular complexity index is 702. The first-order valence-corrected chi connectivity index (χ1v) is 11.2. The van der Waals surface area contributed by atoms with Crippen molar-refractivity contribution in [2.75, 3.05) is 52.5 Å². The maximum absolute atomic E-state index is 10.4. The zero-order valence-electron chi connectivity index (χ0n) is 19.0. The first kappa shape index (κ1) is 26.1. The molecular weight excluding hydrogens is 416 g/mol. The highest BCUT2D eigenvalue weighted by Gasteiger charge is 2.24. The van der Waals surface area contributed by atoms with Gasteiger partial charge >= 0.3 is 11.9 Å². The first-order valence-electron chi connectivity index (χ1n) is 11.2. The number of hydrogen-bond acceptors (Lipinski definition) is 7. The predicted octanol–water partition coefficient (Wildman–Crippen LogP) is 1.50. The van der Waals surface area contributed by atoms with Crippen LogP contribution in [0.15, 0.2) is 24.3 Å². The number of benzene rings is 1. The standard InChI is InChI=1S/C21H34N2O3.C2H2O4/c1-17(2)20-7-3-4-8-21(20)26-16-18(24)14-22-9-11-23(12-10-22)15-19-6-5-13-25-19;3-1(4)2(5)6/h3-4,7-8,17-19,24H,5-6,9-16H2,1-2H3;(H,3,4)(H,5,6). The van der Waals surface area contributed by atoms with Crippen LogP contribution in [-0.4, -0.2) is 102 Å². The number of β-amino-alcohol motifs (C(OH)–C–C–N with tert-alkyl or cyclic N) is 1. The number of nitrogens with zero attached hydrogens (tertiary/aromatic N) is 2. The summed E-state index contributed by atoms with van der Waals surface area (Å²) < 4.78 is 11.6. The van der Waals surface area contributed by atoms with Crippen molar-refractivity contribution in [3.63, 3.8) is 0 Å². The predicted molar refractivity (Wildman–Crippen MR) is 119 cm³/mol. The van der Waals surface area contributed by atoms with Crippen LogP contribution in [0, 0.1) is 0 Å². The average Bonchev–Trinajstić information content (AvgIpc) is 3.27. The molecule has 9 nitrogen and oxygen atoms in total. The number of carbonyl (C=O) groups is 2. The SMILES string of the molecule is CC(C)c1ccccc1OCC(O)CN1CCN(CC2CCCO2)CC1.O=C(O)C(=O)O. The van der Waals surface area contributed by atoms with Gasteiger partial charge in [-0.05, 0) is 30.4 Å². The number of aliphatic hydroxyl groups is 1. The van der Waals surface area contributed by atoms with E-state index in [0.29, 0.717) is 25.2 Å². The molecule has 32 heavy (non-hydrogen) atoms. The van der Waals surface area contributed by atoms with Gasteiger partial charge in [0.05, 0.1) is 6.10 Å². The van der Waals surface area contributed by atoms with E-state index in [-0.39, 0.29) is 0 Å². The smallest absolute Gasteiger partial charge is 0.414 e. The fraction of sp³-hybridized carbons (Fsp3) is 0.652. The van der Waals surface area contributed by atoms with E-state index in [9.17, 15) is 5.11 Å². The molecule has 2 atom stereocenters. The van der Waals surface area contributed by atoms with E-state index in [2.05, 4.69) is 29.7 Å². The summed E-state index contributed by atoms with van der Waals surface area (Å²) in [5.41, 5.74) is 1.20. The van der Waals surface area contributed by atoms with E-state index < -0.39 is 18.0 Å². The molecule has 3 rings (SSSR count). The van der Waals surface area contributed by atoms with Crippen LogP contribution in [0.5, 0.6) is 5.75 Å². The second kappa shape index (κ2) is 13.4. The third kappa shape index (κ3) is 9.12. The molecule has 0 amide bonds. The maximum Gasteiger partial charge on any atom is 0.414 e. The molecule has 1 aromatic rings. The minimum absolute atomic E-state index is 0.347. The lowest BCUT2D eigenvalue weighted by Gasteiger charge is -2.36. The average molecular weight is 453 g/mol. The van der Waals surface area contributed by atoms with E-state index in [1.54, 1.807) is 0 Å². The Labute approximate surface area is 189 Å². The Hall–Kier alpha value is -2.20. The van der Waals surface area contributed by atoms with Gasteiger partial charge in [-0.15, -0.1) is 0 Å². The number of ether oxygens (including phenoxy) is 2. The number of carboxylic acid groups (broad SMARTS) is 2. The van der Waals surface area contributed by atoms with Crippen molar-refractivity contribution >= 4 is 11.9 Å². The molecule has 3 N–H and O–H groups in total. The van der Waals surface area contributed by atoms with Crippen molar-refractivity contribution in [2.45, 2.75) is 44.8 Å². The highest BCUT2D eigenvalue weighted by atomic mass is 16.5. The van der Waals surface area contributed by atoms with Gasteiger partial charge in [0, 0.05) is 45.9 Å². The number of aliphatic hydroxyl groups excluding tert-OH is 1. The molecule has 2 unspecified atom stereocenters. The Kier molecular flexibility index (Phi) is 10.9. The van der Waals surface area contributed by atoms with Crippen LogP contribution >= 0.6 is 0 Å². The van der Waals surface area contributed by atoms with Gasteiger partial charge in [0.15, 0.2) is 0 Å². The first-order chi connectivity index (χ1) is 15.3. The lowest BCUT2D eigenvalue weighted by Crippen LogP contribution is -2.50. The van der Waals surface area contributed by atoms with Crippen LogP contribution in [-0.2, 0) is 14.3 Å². The summed E-state index contributed by atoms with van der Waals surface area (Å²) in [7, 11) is 0. The molecule has 0 aromatic heterocycles. The normalized spacial score (nSPS) is 20.4. The second-order valence-electron chi connectivity index (χ2n) is 8.50. The molecule has 0 radical (unpaired) electrons. The van der Waals surface area contributed by atoms with Gasteiger partial charge in [-0.1, -0.05) is 32.0 Å². The largest absolute Gasteiger partial charge is 0.491 e. The van der Waals surface area contributed by atoms with Gasteiger partial charge in [-0.3, -0.25) is 9.80 Å². The molecule has 1 aromatic carbocycles. The van der Waals surface area contributed by atoms with E-state index in [4.69, 9.17) is 29.3 Å². The van der Waals surface area contributed by atoms with Crippen molar-refractivity contribution in [2.24, 2.45) is 0 Å². The summed E-state index contributed by atoms with van der Waals surface area (Å²) in [6.07, 6.45) is 2.38. The van der Waals surface area contributed by atoms with Crippen molar-refractivity contribution in [3.05, 3.63) is 29.8 Å². The van der Waals surface area contributed by atoms with Crippen molar-refractivity contribution < 1.29 is 34.4 Å². The maximum atomic E-state index is 10.4. The summed E-state index contributed by atoms with van der Waals surface area (Å²) in [6.45, 7) is 11.5. The van der Waals surface area contributed by atoms with Gasteiger partial charge < -0.3 is 24.8 Å². The third-order valence-electron chi connectivity index (χ3n) is 5.57. The fourth-order valence-corrected chi connectivity index (χ4v) is 3.86. The van der Waals surface area contributed by atoms with Crippen LogP contribution in [0.4, 0.5) is 0 Å². The minimum Gasteiger partial charge on any atom is -0.491 e. The van der Waals surface area contributed by atoms with Gasteiger partial charge in [0.1, 0.15) is 18.5 Å². The molecule has 0 spiro atoms. The number of para-hydroxylation sites is 1. The van der Waals surface area contributed by atoms with Crippen LogP contribution in [0.2, 0.25) is 0 Å². The van der Waals surface area contributed by atoms with Crippen molar-refractivity contribution in [3.8, 4) is 5.75 Å². The van der Waals surface area contributed by atoms with Gasteiger partial charge in [-0.25, -0.2) is 9.59 Å². The quantitative estimate of drug-likeness (QED) is 0.504. The number of hydrogen-bond donors (Lipinski definition) is 3. The van der Waals surface area contributed by atoms with Crippen molar-refractivity contribution in [1.82, 2.24) is 9.80 Å². The lowest BCUT2D eigenvalue weighted by atomic mass is 10.0. The fourth-order valence-electron chi connectivity index (χ4n) is 3.86. The third-order valence-corrected chi connectivity index (χ3v) is 5.57. The highest BCUT2D eigenvalue weighted by molar-refractivity contribution is 6.27. The topological polar surface area (TPSA) is 120 Å². The van der Waals surface area contributed by atoms with Crippen LogP contribution in [0.3, 0.4) is 0 Å². The number of rotatable bonds is 8. The zero-order valence-corrected chi connectivity index (χ0v) is 19.0. The van der Waals surface area contributed by atoms with E-state index in [1.807, 2.05) is 18.2 Å². The number of aliphatic carboxylic acids is 2.